The lowest BCUT2D eigenvalue weighted by Crippen LogP contribution is -1.76. The number of rotatable bonds is 1. The third kappa shape index (κ3) is 6.79. The number of fused-ring (bicyclic) bond motifs is 1. The summed E-state index contributed by atoms with van der Waals surface area (Å²) in [4.78, 5) is 0. The molecular formula is C29H26. The summed E-state index contributed by atoms with van der Waals surface area (Å²) in [7, 11) is 0. The summed E-state index contributed by atoms with van der Waals surface area (Å²) in [5.74, 6) is 0. The SMILES string of the molecule is Cc1ccc(-c2ccccc2)cc1.c1ccc2ccccc2c1.c1ccccc1. The van der Waals surface area contributed by atoms with Crippen LogP contribution in [0.25, 0.3) is 21.9 Å². The van der Waals surface area contributed by atoms with E-state index in [-0.39, 0.29) is 0 Å². The van der Waals surface area contributed by atoms with Crippen LogP contribution in [0.3, 0.4) is 0 Å². The summed E-state index contributed by atoms with van der Waals surface area (Å²) in [5.41, 5.74) is 3.87. The summed E-state index contributed by atoms with van der Waals surface area (Å²) >= 11 is 0. The highest BCUT2D eigenvalue weighted by atomic mass is 14.0. The minimum absolute atomic E-state index is 1.28. The largest absolute Gasteiger partial charge is 0.0623 e. The Kier molecular flexibility index (Phi) is 7.81. The molecule has 0 N–H and O–H groups in total. The van der Waals surface area contributed by atoms with E-state index < -0.39 is 0 Å². The maximum absolute atomic E-state index is 2.16. The molecule has 0 nitrogen and oxygen atoms in total. The second kappa shape index (κ2) is 11.3. The van der Waals surface area contributed by atoms with Crippen LogP contribution in [0.5, 0.6) is 0 Å². The third-order valence-electron chi connectivity index (χ3n) is 4.48. The molecule has 0 heterocycles. The van der Waals surface area contributed by atoms with Crippen molar-refractivity contribution in [3.8, 4) is 11.1 Å². The number of hydrogen-bond donors (Lipinski definition) is 0. The van der Waals surface area contributed by atoms with Crippen LogP contribution in [0, 0.1) is 6.92 Å². The van der Waals surface area contributed by atoms with Gasteiger partial charge in [0.2, 0.25) is 0 Å². The first-order valence-corrected chi connectivity index (χ1v) is 9.89. The van der Waals surface area contributed by atoms with Crippen LogP contribution >= 0.6 is 0 Å². The van der Waals surface area contributed by atoms with Crippen molar-refractivity contribution in [2.24, 2.45) is 0 Å². The Bertz CT molecular complexity index is 987. The molecule has 142 valence electrons. The van der Waals surface area contributed by atoms with Crippen molar-refractivity contribution in [3.05, 3.63) is 145 Å². The van der Waals surface area contributed by atoms with E-state index in [0.29, 0.717) is 0 Å². The highest BCUT2D eigenvalue weighted by molar-refractivity contribution is 5.82. The lowest BCUT2D eigenvalue weighted by molar-refractivity contribution is 1.47. The summed E-state index contributed by atoms with van der Waals surface area (Å²) in [6, 6.07) is 47.7. The molecule has 0 bridgehead atoms. The number of aryl methyl sites for hydroxylation is 1. The van der Waals surface area contributed by atoms with Gasteiger partial charge in [0, 0.05) is 0 Å². The van der Waals surface area contributed by atoms with Crippen molar-refractivity contribution in [1.82, 2.24) is 0 Å². The Morgan fingerprint density at radius 3 is 1.03 bits per heavy atom. The van der Waals surface area contributed by atoms with E-state index in [9.17, 15) is 0 Å². The first kappa shape index (κ1) is 20.1. The van der Waals surface area contributed by atoms with Crippen molar-refractivity contribution in [1.29, 1.82) is 0 Å². The van der Waals surface area contributed by atoms with E-state index in [1.54, 1.807) is 0 Å². The van der Waals surface area contributed by atoms with Crippen LogP contribution in [0.15, 0.2) is 140 Å². The lowest BCUT2D eigenvalue weighted by atomic mass is 10.0. The Morgan fingerprint density at radius 1 is 0.310 bits per heavy atom. The predicted octanol–water partition coefficient (Wildman–Crippen LogP) is 8.19. The first-order chi connectivity index (χ1) is 14.3. The van der Waals surface area contributed by atoms with Crippen molar-refractivity contribution in [2.75, 3.05) is 0 Å². The molecule has 0 heteroatoms. The third-order valence-corrected chi connectivity index (χ3v) is 4.48. The molecule has 0 unspecified atom stereocenters. The Hall–Kier alpha value is -3.64. The van der Waals surface area contributed by atoms with Crippen molar-refractivity contribution in [3.63, 3.8) is 0 Å². The summed E-state index contributed by atoms with van der Waals surface area (Å²) in [6.45, 7) is 2.11. The molecule has 5 aromatic rings. The molecule has 0 aliphatic carbocycles. The molecule has 0 atom stereocenters. The molecule has 29 heavy (non-hydrogen) atoms. The van der Waals surface area contributed by atoms with Gasteiger partial charge in [0.1, 0.15) is 0 Å². The second-order valence-electron chi connectivity index (χ2n) is 6.73. The van der Waals surface area contributed by atoms with Gasteiger partial charge in [0.25, 0.3) is 0 Å². The van der Waals surface area contributed by atoms with Gasteiger partial charge in [-0.1, -0.05) is 145 Å². The van der Waals surface area contributed by atoms with Gasteiger partial charge in [-0.05, 0) is 28.8 Å². The molecule has 5 rings (SSSR count). The summed E-state index contributed by atoms with van der Waals surface area (Å²) in [6.07, 6.45) is 0. The Labute approximate surface area is 174 Å². The van der Waals surface area contributed by atoms with E-state index >= 15 is 0 Å². The van der Waals surface area contributed by atoms with Crippen LogP contribution < -0.4 is 0 Å². The zero-order chi connectivity index (χ0) is 20.2. The van der Waals surface area contributed by atoms with Gasteiger partial charge in [0.15, 0.2) is 0 Å². The molecule has 0 spiro atoms. The molecule has 0 fully saturated rings. The highest BCUT2D eigenvalue weighted by Crippen LogP contribution is 2.18. The summed E-state index contributed by atoms with van der Waals surface area (Å²) < 4.78 is 0. The second-order valence-corrected chi connectivity index (χ2v) is 6.73. The van der Waals surface area contributed by atoms with Gasteiger partial charge in [-0.15, -0.1) is 0 Å². The van der Waals surface area contributed by atoms with E-state index in [4.69, 9.17) is 0 Å². The monoisotopic (exact) mass is 374 g/mol. The molecule has 0 saturated heterocycles. The van der Waals surface area contributed by atoms with Gasteiger partial charge < -0.3 is 0 Å². The molecule has 0 radical (unpaired) electrons. The fourth-order valence-electron chi connectivity index (χ4n) is 2.89. The van der Waals surface area contributed by atoms with Gasteiger partial charge in [-0.3, -0.25) is 0 Å². The fourth-order valence-corrected chi connectivity index (χ4v) is 2.89. The van der Waals surface area contributed by atoms with Gasteiger partial charge in [-0.25, -0.2) is 0 Å². The minimum atomic E-state index is 1.28. The van der Waals surface area contributed by atoms with Crippen LogP contribution in [-0.2, 0) is 0 Å². The van der Waals surface area contributed by atoms with E-state index in [2.05, 4.69) is 104 Å². The number of hydrogen-bond acceptors (Lipinski definition) is 0. The topological polar surface area (TPSA) is 0 Å². The quantitative estimate of drug-likeness (QED) is 0.277. The highest BCUT2D eigenvalue weighted by Gasteiger charge is 1.93. The van der Waals surface area contributed by atoms with Crippen LogP contribution in [0.1, 0.15) is 5.56 Å². The van der Waals surface area contributed by atoms with Gasteiger partial charge in [0.05, 0.1) is 0 Å². The van der Waals surface area contributed by atoms with Crippen LogP contribution in [0.2, 0.25) is 0 Å². The average Bonchev–Trinajstić information content (AvgIpc) is 2.82. The minimum Gasteiger partial charge on any atom is -0.0623 e. The molecule has 0 saturated carbocycles. The zero-order valence-corrected chi connectivity index (χ0v) is 16.8. The van der Waals surface area contributed by atoms with Crippen molar-refractivity contribution < 1.29 is 0 Å². The van der Waals surface area contributed by atoms with Crippen molar-refractivity contribution in [2.45, 2.75) is 6.92 Å². The first-order valence-electron chi connectivity index (χ1n) is 9.89. The van der Waals surface area contributed by atoms with Crippen LogP contribution in [-0.4, -0.2) is 0 Å². The zero-order valence-electron chi connectivity index (χ0n) is 16.8. The Morgan fingerprint density at radius 2 is 0.621 bits per heavy atom. The normalized spacial score (nSPS) is 9.55. The van der Waals surface area contributed by atoms with E-state index in [1.807, 2.05) is 42.5 Å². The van der Waals surface area contributed by atoms with Gasteiger partial charge in [-0.2, -0.15) is 0 Å². The summed E-state index contributed by atoms with van der Waals surface area (Å²) in [5, 5.41) is 2.62. The predicted molar refractivity (Wildman–Crippen MR) is 127 cm³/mol. The lowest BCUT2D eigenvalue weighted by Gasteiger charge is -2.00. The molecule has 0 aliphatic rings. The van der Waals surface area contributed by atoms with Gasteiger partial charge >= 0.3 is 0 Å². The van der Waals surface area contributed by atoms with E-state index in [1.165, 1.54) is 27.5 Å². The molecule has 0 amide bonds. The molecule has 0 aliphatic heterocycles. The maximum Gasteiger partial charge on any atom is -0.0184 e. The molecule has 5 aromatic carbocycles. The smallest absolute Gasteiger partial charge is 0.0184 e. The van der Waals surface area contributed by atoms with E-state index in [0.717, 1.165) is 0 Å². The number of benzene rings is 5. The molecular weight excluding hydrogens is 348 g/mol. The van der Waals surface area contributed by atoms with Crippen LogP contribution in [0.4, 0.5) is 0 Å². The Balaban J connectivity index is 0.000000133. The standard InChI is InChI=1S/C13H12.C10H8.C6H6/c1-11-7-9-13(10-8-11)12-5-3-2-4-6-12;1-2-6-10-8-4-3-7-9(10)5-1;1-2-4-6-5-3-1/h2-10H,1H3;1-8H;1-6H. The maximum atomic E-state index is 2.16. The fraction of sp³-hybridized carbons (Fsp3) is 0.0345. The average molecular weight is 375 g/mol. The molecule has 0 aromatic heterocycles. The van der Waals surface area contributed by atoms with Crippen molar-refractivity contribution >= 4 is 10.8 Å².